The third-order valence-electron chi connectivity index (χ3n) is 7.69. The van der Waals surface area contributed by atoms with Gasteiger partial charge in [0.2, 0.25) is 0 Å². The van der Waals surface area contributed by atoms with Crippen LogP contribution in [-0.4, -0.2) is 51.5 Å². The van der Waals surface area contributed by atoms with Gasteiger partial charge in [-0.2, -0.15) is 0 Å². The lowest BCUT2D eigenvalue weighted by Crippen LogP contribution is -2.47. The summed E-state index contributed by atoms with van der Waals surface area (Å²) in [5.41, 5.74) is 6.00. The smallest absolute Gasteiger partial charge is 0.138 e. The molecule has 0 bridgehead atoms. The van der Waals surface area contributed by atoms with Gasteiger partial charge in [-0.1, -0.05) is 12.1 Å². The van der Waals surface area contributed by atoms with Crippen LogP contribution < -0.4 is 10.2 Å². The first-order valence-electron chi connectivity index (χ1n) is 12.3. The maximum absolute atomic E-state index is 5.14. The van der Waals surface area contributed by atoms with Gasteiger partial charge < -0.3 is 10.2 Å². The van der Waals surface area contributed by atoms with Crippen LogP contribution in [0.2, 0.25) is 0 Å². The number of aryl methyl sites for hydroxylation is 2. The fraction of sp³-hybridized carbons (Fsp3) is 0.538. The van der Waals surface area contributed by atoms with Crippen LogP contribution >= 0.6 is 0 Å². The lowest BCUT2D eigenvalue weighted by molar-refractivity contribution is 0.247. The van der Waals surface area contributed by atoms with E-state index in [0.29, 0.717) is 6.04 Å². The number of nitrogens with one attached hydrogen (secondary N) is 1. The molecule has 168 valence electrons. The minimum absolute atomic E-state index is 0.273. The number of anilines is 1. The van der Waals surface area contributed by atoms with Crippen molar-refractivity contribution in [1.82, 2.24) is 24.6 Å². The number of nitrogens with zero attached hydrogens (tertiary/aromatic N) is 5. The summed E-state index contributed by atoms with van der Waals surface area (Å²) in [6.45, 7) is 8.97. The topological polar surface area (TPSA) is 48.7 Å². The largest absolute Gasteiger partial charge is 0.355 e. The average Bonchev–Trinajstić information content (AvgIpc) is 3.63. The van der Waals surface area contributed by atoms with Gasteiger partial charge in [-0.05, 0) is 69.7 Å². The van der Waals surface area contributed by atoms with Gasteiger partial charge in [0.1, 0.15) is 11.5 Å². The summed E-state index contributed by atoms with van der Waals surface area (Å²) in [5.74, 6) is 1.29. The first kappa shape index (κ1) is 20.2. The summed E-state index contributed by atoms with van der Waals surface area (Å²) in [4.78, 5) is 15.1. The summed E-state index contributed by atoms with van der Waals surface area (Å²) < 4.78 is 2.39. The van der Waals surface area contributed by atoms with E-state index in [0.717, 1.165) is 37.6 Å². The van der Waals surface area contributed by atoms with Crippen molar-refractivity contribution in [2.24, 2.45) is 0 Å². The minimum Gasteiger partial charge on any atom is -0.355 e. The van der Waals surface area contributed by atoms with Gasteiger partial charge in [-0.15, -0.1) is 0 Å². The fourth-order valence-electron chi connectivity index (χ4n) is 5.80. The number of piperidine rings is 1. The Morgan fingerprint density at radius 3 is 2.41 bits per heavy atom. The molecule has 2 atom stereocenters. The summed E-state index contributed by atoms with van der Waals surface area (Å²) in [6, 6.07) is 12.2. The Kier molecular flexibility index (Phi) is 5.15. The Hall–Kier alpha value is -2.44. The van der Waals surface area contributed by atoms with Crippen molar-refractivity contribution in [3.05, 3.63) is 59.2 Å². The average molecular weight is 431 g/mol. The first-order valence-corrected chi connectivity index (χ1v) is 12.3. The quantitative estimate of drug-likeness (QED) is 0.673. The highest BCUT2D eigenvalue weighted by Crippen LogP contribution is 2.35. The van der Waals surface area contributed by atoms with Crippen molar-refractivity contribution >= 4 is 11.5 Å². The molecule has 6 rings (SSSR count). The fourth-order valence-corrected chi connectivity index (χ4v) is 5.80. The van der Waals surface area contributed by atoms with Gasteiger partial charge in [0.05, 0.1) is 23.5 Å². The van der Waals surface area contributed by atoms with Gasteiger partial charge in [-0.25, -0.2) is 4.98 Å². The van der Waals surface area contributed by atoms with Crippen molar-refractivity contribution in [2.75, 3.05) is 31.1 Å². The van der Waals surface area contributed by atoms with E-state index in [4.69, 9.17) is 9.97 Å². The van der Waals surface area contributed by atoms with Crippen LogP contribution in [0.5, 0.6) is 0 Å². The molecule has 2 aliphatic heterocycles. The molecular formula is C26H34N6. The highest BCUT2D eigenvalue weighted by Gasteiger charge is 2.32. The molecule has 3 fully saturated rings. The molecule has 1 N–H and O–H groups in total. The van der Waals surface area contributed by atoms with E-state index >= 15 is 0 Å². The van der Waals surface area contributed by atoms with Crippen molar-refractivity contribution < 1.29 is 0 Å². The van der Waals surface area contributed by atoms with Crippen LogP contribution in [0.4, 0.5) is 5.82 Å². The van der Waals surface area contributed by atoms with Gasteiger partial charge in [0, 0.05) is 44.1 Å². The summed E-state index contributed by atoms with van der Waals surface area (Å²) in [6.07, 6.45) is 8.17. The van der Waals surface area contributed by atoms with Gasteiger partial charge >= 0.3 is 0 Å². The van der Waals surface area contributed by atoms with Crippen molar-refractivity contribution in [2.45, 2.75) is 64.1 Å². The molecule has 6 heteroatoms. The molecule has 32 heavy (non-hydrogen) atoms. The van der Waals surface area contributed by atoms with Crippen molar-refractivity contribution in [3.8, 4) is 0 Å². The van der Waals surface area contributed by atoms with Crippen LogP contribution in [-0.2, 0) is 0 Å². The highest BCUT2D eigenvalue weighted by atomic mass is 15.3. The maximum atomic E-state index is 5.14. The second-order valence-corrected chi connectivity index (χ2v) is 9.82. The highest BCUT2D eigenvalue weighted by molar-refractivity contribution is 5.55. The van der Waals surface area contributed by atoms with Crippen LogP contribution in [0.15, 0.2) is 36.5 Å². The summed E-state index contributed by atoms with van der Waals surface area (Å²) in [7, 11) is 0. The number of imidazole rings is 1. The third-order valence-corrected chi connectivity index (χ3v) is 7.69. The Morgan fingerprint density at radius 2 is 1.66 bits per heavy atom. The Balaban J connectivity index is 1.28. The van der Waals surface area contributed by atoms with Crippen LogP contribution in [0, 0.1) is 13.8 Å². The number of hydrogen-bond acceptors (Lipinski definition) is 5. The minimum atomic E-state index is 0.273. The molecule has 3 aromatic rings. The molecule has 0 aromatic carbocycles. The molecule has 1 aliphatic carbocycles. The standard InChI is InChI=1S/C26H34N6/c1-18-6-5-13-27-25(18)21-7-3-8-22(28-21)26-19(2)32-23(29-26)9-4-10-24(32)31-16-14-30(15-17-31)20-11-12-20/h4-6,9-10,13,20-22,28H,3,7-8,11-12,14-17H2,1-2H3. The van der Waals surface area contributed by atoms with E-state index in [1.165, 1.54) is 60.8 Å². The van der Waals surface area contributed by atoms with Gasteiger partial charge in [-0.3, -0.25) is 14.3 Å². The van der Waals surface area contributed by atoms with E-state index in [1.807, 2.05) is 12.3 Å². The van der Waals surface area contributed by atoms with E-state index in [1.54, 1.807) is 0 Å². The van der Waals surface area contributed by atoms with E-state index < -0.39 is 0 Å². The molecule has 0 radical (unpaired) electrons. The molecule has 0 spiro atoms. The predicted octanol–water partition coefficient (Wildman–Crippen LogP) is 4.19. The second kappa shape index (κ2) is 8.16. The molecule has 2 unspecified atom stereocenters. The summed E-state index contributed by atoms with van der Waals surface area (Å²) >= 11 is 0. The summed E-state index contributed by atoms with van der Waals surface area (Å²) in [5, 5.41) is 3.89. The van der Waals surface area contributed by atoms with Crippen molar-refractivity contribution in [1.29, 1.82) is 0 Å². The number of rotatable bonds is 4. The Bertz CT molecular complexity index is 1110. The Labute approximate surface area is 190 Å². The lowest BCUT2D eigenvalue weighted by atomic mass is 9.92. The molecular weight excluding hydrogens is 396 g/mol. The predicted molar refractivity (Wildman–Crippen MR) is 128 cm³/mol. The molecule has 3 aromatic heterocycles. The third kappa shape index (κ3) is 3.59. The molecule has 3 aliphatic rings. The zero-order valence-corrected chi connectivity index (χ0v) is 19.3. The van der Waals surface area contributed by atoms with Crippen molar-refractivity contribution in [3.63, 3.8) is 0 Å². The molecule has 6 nitrogen and oxygen atoms in total. The SMILES string of the molecule is Cc1cccnc1C1CCCC(c2nc3cccc(N4CCN(C5CC5)CC4)n3c2C)N1. The number of fused-ring (bicyclic) bond motifs is 1. The number of hydrogen-bond donors (Lipinski definition) is 1. The number of aromatic nitrogens is 3. The normalized spacial score (nSPS) is 24.9. The van der Waals surface area contributed by atoms with E-state index in [9.17, 15) is 0 Å². The number of piperazine rings is 1. The monoisotopic (exact) mass is 430 g/mol. The second-order valence-electron chi connectivity index (χ2n) is 9.82. The van der Waals surface area contributed by atoms with Crippen LogP contribution in [0.25, 0.3) is 5.65 Å². The molecule has 2 saturated heterocycles. The number of pyridine rings is 2. The maximum Gasteiger partial charge on any atom is 0.138 e. The zero-order valence-electron chi connectivity index (χ0n) is 19.3. The van der Waals surface area contributed by atoms with Crippen LogP contribution in [0.3, 0.4) is 0 Å². The van der Waals surface area contributed by atoms with Gasteiger partial charge in [0.25, 0.3) is 0 Å². The molecule has 1 saturated carbocycles. The first-order chi connectivity index (χ1) is 15.7. The van der Waals surface area contributed by atoms with Gasteiger partial charge in [0.15, 0.2) is 0 Å². The van der Waals surface area contributed by atoms with E-state index in [-0.39, 0.29) is 6.04 Å². The van der Waals surface area contributed by atoms with E-state index in [2.05, 4.69) is 57.6 Å². The molecule has 5 heterocycles. The molecule has 0 amide bonds. The van der Waals surface area contributed by atoms with Crippen LogP contribution in [0.1, 0.15) is 66.8 Å². The Morgan fingerprint density at radius 1 is 0.875 bits per heavy atom. The lowest BCUT2D eigenvalue weighted by Gasteiger charge is -2.36. The zero-order chi connectivity index (χ0) is 21.7.